The molecule has 0 bridgehead atoms. The van der Waals surface area contributed by atoms with Gasteiger partial charge < -0.3 is 0 Å². The maximum Gasteiger partial charge on any atom is 0.0930 e. The summed E-state index contributed by atoms with van der Waals surface area (Å²) in [7, 11) is 0. The molecular weight excluding hydrogens is 383 g/mol. The minimum Gasteiger partial charge on any atom is -0.131 e. The Kier molecular flexibility index (Phi) is 4.35. The van der Waals surface area contributed by atoms with Gasteiger partial charge in [0, 0.05) is 9.35 Å². The van der Waals surface area contributed by atoms with Crippen LogP contribution in [0.1, 0.15) is 26.9 Å². The topological polar surface area (TPSA) is 0 Å². The molecule has 0 N–H and O–H groups in total. The third kappa shape index (κ3) is 2.95. The molecule has 1 atom stereocenters. The lowest BCUT2D eigenvalue weighted by Crippen LogP contribution is -1.93. The van der Waals surface area contributed by atoms with Crippen LogP contribution in [0.5, 0.6) is 0 Å². The molecule has 2 aromatic rings. The second-order valence-electron chi connectivity index (χ2n) is 3.97. The Hall–Kier alpha value is 0.170. The Morgan fingerprint density at radius 3 is 2.35 bits per heavy atom. The van der Waals surface area contributed by atoms with Gasteiger partial charge in [-0.25, -0.2) is 0 Å². The zero-order chi connectivity index (χ0) is 12.6. The van der Waals surface area contributed by atoms with Gasteiger partial charge >= 0.3 is 0 Å². The number of alkyl halides is 1. The summed E-state index contributed by atoms with van der Waals surface area (Å²) in [5.74, 6) is 0. The SMILES string of the molecule is Cc1cc(Br)ccc1C(Cl)c1cc(C)c(Br)s1. The third-order valence-corrected chi connectivity index (χ3v) is 5.93. The summed E-state index contributed by atoms with van der Waals surface area (Å²) >= 11 is 15.3. The molecule has 0 saturated carbocycles. The van der Waals surface area contributed by atoms with Gasteiger partial charge in [0.1, 0.15) is 0 Å². The zero-order valence-corrected chi connectivity index (χ0v) is 14.2. The highest BCUT2D eigenvalue weighted by Gasteiger charge is 2.16. The van der Waals surface area contributed by atoms with Crippen molar-refractivity contribution in [3.05, 3.63) is 54.1 Å². The molecule has 0 aliphatic carbocycles. The van der Waals surface area contributed by atoms with Crippen LogP contribution in [-0.2, 0) is 0 Å². The summed E-state index contributed by atoms with van der Waals surface area (Å²) in [6, 6.07) is 8.36. The van der Waals surface area contributed by atoms with Crippen LogP contribution in [0.25, 0.3) is 0 Å². The first-order valence-corrected chi connectivity index (χ1v) is 7.99. The van der Waals surface area contributed by atoms with Crippen molar-refractivity contribution in [1.82, 2.24) is 0 Å². The number of hydrogen-bond acceptors (Lipinski definition) is 1. The van der Waals surface area contributed by atoms with Crippen LogP contribution < -0.4 is 0 Å². The van der Waals surface area contributed by atoms with Crippen molar-refractivity contribution in [1.29, 1.82) is 0 Å². The van der Waals surface area contributed by atoms with Gasteiger partial charge in [0.25, 0.3) is 0 Å². The quantitative estimate of drug-likeness (QED) is 0.531. The minimum atomic E-state index is -0.0712. The van der Waals surface area contributed by atoms with E-state index in [1.165, 1.54) is 21.6 Å². The fraction of sp³-hybridized carbons (Fsp3) is 0.231. The van der Waals surface area contributed by atoms with Gasteiger partial charge in [-0.1, -0.05) is 22.0 Å². The molecule has 0 aliphatic rings. The number of rotatable bonds is 2. The Morgan fingerprint density at radius 2 is 1.82 bits per heavy atom. The molecule has 1 unspecified atom stereocenters. The molecule has 1 heterocycles. The van der Waals surface area contributed by atoms with E-state index in [-0.39, 0.29) is 5.38 Å². The van der Waals surface area contributed by atoms with E-state index < -0.39 is 0 Å². The van der Waals surface area contributed by atoms with Crippen molar-refractivity contribution < 1.29 is 0 Å². The highest BCUT2D eigenvalue weighted by atomic mass is 79.9. The average molecular weight is 395 g/mol. The molecule has 90 valence electrons. The first kappa shape index (κ1) is 13.6. The Bertz CT molecular complexity index is 529. The highest BCUT2D eigenvalue weighted by molar-refractivity contribution is 9.11. The van der Waals surface area contributed by atoms with Gasteiger partial charge in [-0.05, 0) is 64.7 Å². The van der Waals surface area contributed by atoms with E-state index in [0.717, 1.165) is 8.26 Å². The lowest BCUT2D eigenvalue weighted by molar-refractivity contribution is 1.14. The largest absolute Gasteiger partial charge is 0.131 e. The molecule has 0 amide bonds. The highest BCUT2D eigenvalue weighted by Crippen LogP contribution is 2.39. The van der Waals surface area contributed by atoms with Gasteiger partial charge in [0.05, 0.1) is 9.16 Å². The van der Waals surface area contributed by atoms with Gasteiger partial charge in [0.15, 0.2) is 0 Å². The summed E-state index contributed by atoms with van der Waals surface area (Å²) in [6.07, 6.45) is 0. The first-order valence-electron chi connectivity index (χ1n) is 5.15. The van der Waals surface area contributed by atoms with Crippen LogP contribution in [0.15, 0.2) is 32.5 Å². The van der Waals surface area contributed by atoms with E-state index in [1.54, 1.807) is 11.3 Å². The number of benzene rings is 1. The molecule has 1 aromatic heterocycles. The summed E-state index contributed by atoms with van der Waals surface area (Å²) < 4.78 is 2.25. The standard InChI is InChI=1S/C13H11Br2ClS/c1-7-5-9(14)3-4-10(7)12(16)11-6-8(2)13(15)17-11/h3-6,12H,1-2H3. The number of thiophene rings is 1. The molecular formula is C13H11Br2ClS. The molecule has 0 spiro atoms. The van der Waals surface area contributed by atoms with E-state index in [0.29, 0.717) is 0 Å². The number of hydrogen-bond donors (Lipinski definition) is 0. The monoisotopic (exact) mass is 392 g/mol. The molecule has 0 aliphatic heterocycles. The fourth-order valence-electron chi connectivity index (χ4n) is 1.69. The van der Waals surface area contributed by atoms with E-state index in [9.17, 15) is 0 Å². The van der Waals surface area contributed by atoms with Gasteiger partial charge in [-0.2, -0.15) is 0 Å². The molecule has 2 rings (SSSR count). The maximum absolute atomic E-state index is 6.55. The fourth-order valence-corrected chi connectivity index (χ4v) is 4.17. The van der Waals surface area contributed by atoms with E-state index in [2.05, 4.69) is 63.9 Å². The van der Waals surface area contributed by atoms with E-state index >= 15 is 0 Å². The molecule has 0 saturated heterocycles. The summed E-state index contributed by atoms with van der Waals surface area (Å²) in [5.41, 5.74) is 3.62. The normalized spacial score (nSPS) is 12.8. The maximum atomic E-state index is 6.55. The summed E-state index contributed by atoms with van der Waals surface area (Å²) in [4.78, 5) is 1.18. The van der Waals surface area contributed by atoms with Crippen LogP contribution in [0.4, 0.5) is 0 Å². The van der Waals surface area contributed by atoms with Gasteiger partial charge in [-0.3, -0.25) is 0 Å². The third-order valence-electron chi connectivity index (χ3n) is 2.63. The van der Waals surface area contributed by atoms with Crippen molar-refractivity contribution in [2.75, 3.05) is 0 Å². The van der Waals surface area contributed by atoms with Crippen molar-refractivity contribution in [2.24, 2.45) is 0 Å². The predicted octanol–water partition coefficient (Wildman–Crippen LogP) is 6.22. The minimum absolute atomic E-state index is 0.0712. The Labute approximate surface area is 127 Å². The van der Waals surface area contributed by atoms with Crippen molar-refractivity contribution >= 4 is 54.8 Å². The van der Waals surface area contributed by atoms with Crippen LogP contribution in [0.2, 0.25) is 0 Å². The number of halogens is 3. The predicted molar refractivity (Wildman–Crippen MR) is 83.3 cm³/mol. The zero-order valence-electron chi connectivity index (χ0n) is 9.43. The van der Waals surface area contributed by atoms with Crippen LogP contribution in [0.3, 0.4) is 0 Å². The molecule has 4 heteroatoms. The summed E-state index contributed by atoms with van der Waals surface area (Å²) in [6.45, 7) is 4.17. The van der Waals surface area contributed by atoms with Crippen LogP contribution in [0, 0.1) is 13.8 Å². The first-order chi connectivity index (χ1) is 7.99. The average Bonchev–Trinajstić information content (AvgIpc) is 2.58. The Balaban J connectivity index is 2.39. The molecule has 0 radical (unpaired) electrons. The van der Waals surface area contributed by atoms with Crippen molar-refractivity contribution in [2.45, 2.75) is 19.2 Å². The van der Waals surface area contributed by atoms with Gasteiger partial charge in [-0.15, -0.1) is 22.9 Å². The van der Waals surface area contributed by atoms with Crippen LogP contribution >= 0.6 is 54.8 Å². The molecule has 0 nitrogen and oxygen atoms in total. The molecule has 0 fully saturated rings. The number of aryl methyl sites for hydroxylation is 2. The second-order valence-corrected chi connectivity index (χ2v) is 7.72. The Morgan fingerprint density at radius 1 is 1.12 bits per heavy atom. The van der Waals surface area contributed by atoms with E-state index in [1.807, 2.05) is 6.07 Å². The lowest BCUT2D eigenvalue weighted by Gasteiger charge is -2.11. The van der Waals surface area contributed by atoms with Crippen molar-refractivity contribution in [3.8, 4) is 0 Å². The second kappa shape index (κ2) is 5.43. The molecule has 1 aromatic carbocycles. The van der Waals surface area contributed by atoms with Crippen molar-refractivity contribution in [3.63, 3.8) is 0 Å². The van der Waals surface area contributed by atoms with Gasteiger partial charge in [0.2, 0.25) is 0 Å². The lowest BCUT2D eigenvalue weighted by atomic mass is 10.0. The smallest absolute Gasteiger partial charge is 0.0930 e. The summed E-state index contributed by atoms with van der Waals surface area (Å²) in [5, 5.41) is -0.0712. The van der Waals surface area contributed by atoms with E-state index in [4.69, 9.17) is 11.6 Å². The molecule has 17 heavy (non-hydrogen) atoms. The van der Waals surface area contributed by atoms with Crippen LogP contribution in [-0.4, -0.2) is 0 Å².